The number of aliphatic hydroxyl groups excluding tert-OH is 1. The third kappa shape index (κ3) is 4.83. The van der Waals surface area contributed by atoms with Crippen molar-refractivity contribution in [1.29, 1.82) is 0 Å². The van der Waals surface area contributed by atoms with E-state index in [4.69, 9.17) is 0 Å². The van der Waals surface area contributed by atoms with E-state index in [1.165, 1.54) is 12.8 Å². The van der Waals surface area contributed by atoms with Crippen LogP contribution in [-0.4, -0.2) is 36.8 Å². The number of hydrogen-bond donors (Lipinski definition) is 3. The summed E-state index contributed by atoms with van der Waals surface area (Å²) in [5, 5.41) is 15.9. The second-order valence-corrected chi connectivity index (χ2v) is 6.57. The normalized spacial score (nSPS) is 16.5. The molecular formula is C17H26N2O2. The Labute approximate surface area is 126 Å². The predicted octanol–water partition coefficient (Wildman–Crippen LogP) is 1.66. The number of benzene rings is 1. The highest BCUT2D eigenvalue weighted by Crippen LogP contribution is 2.34. The molecular weight excluding hydrogens is 264 g/mol. The zero-order chi connectivity index (χ0) is 15.3. The zero-order valence-electron chi connectivity index (χ0n) is 12.9. The van der Waals surface area contributed by atoms with Gasteiger partial charge in [0.15, 0.2) is 0 Å². The first-order valence-electron chi connectivity index (χ1n) is 7.69. The van der Waals surface area contributed by atoms with Crippen LogP contribution in [0.3, 0.4) is 0 Å². The Kier molecular flexibility index (Phi) is 5.37. The molecule has 2 rings (SSSR count). The second kappa shape index (κ2) is 7.05. The highest BCUT2D eigenvalue weighted by molar-refractivity contribution is 5.78. The monoisotopic (exact) mass is 290 g/mol. The lowest BCUT2D eigenvalue weighted by Gasteiger charge is -2.33. The third-order valence-electron chi connectivity index (χ3n) is 4.18. The summed E-state index contributed by atoms with van der Waals surface area (Å²) in [6.07, 6.45) is 2.36. The number of aliphatic hydroxyl groups is 1. The fourth-order valence-corrected chi connectivity index (χ4v) is 2.44. The van der Waals surface area contributed by atoms with Crippen LogP contribution in [0.4, 0.5) is 0 Å². The summed E-state index contributed by atoms with van der Waals surface area (Å²) in [6, 6.07) is 10.6. The lowest BCUT2D eigenvalue weighted by atomic mass is 9.75. The molecule has 1 aromatic rings. The van der Waals surface area contributed by atoms with E-state index in [0.29, 0.717) is 19.1 Å². The molecule has 4 heteroatoms. The molecule has 1 aliphatic rings. The van der Waals surface area contributed by atoms with Crippen LogP contribution in [0.2, 0.25) is 0 Å². The van der Waals surface area contributed by atoms with Crippen molar-refractivity contribution in [2.75, 3.05) is 19.7 Å². The first kappa shape index (κ1) is 16.0. The van der Waals surface area contributed by atoms with Crippen molar-refractivity contribution in [2.24, 2.45) is 5.41 Å². The van der Waals surface area contributed by atoms with Gasteiger partial charge in [0, 0.05) is 25.1 Å². The summed E-state index contributed by atoms with van der Waals surface area (Å²) in [6.45, 7) is 5.07. The minimum Gasteiger partial charge on any atom is -0.396 e. The van der Waals surface area contributed by atoms with Gasteiger partial charge in [0.1, 0.15) is 0 Å². The fraction of sp³-hybridized carbons (Fsp3) is 0.588. The fourth-order valence-electron chi connectivity index (χ4n) is 2.44. The molecule has 1 amide bonds. The quantitative estimate of drug-likeness (QED) is 0.682. The van der Waals surface area contributed by atoms with E-state index >= 15 is 0 Å². The van der Waals surface area contributed by atoms with Crippen LogP contribution < -0.4 is 10.6 Å². The summed E-state index contributed by atoms with van der Waals surface area (Å²) < 4.78 is 0. The second-order valence-electron chi connectivity index (χ2n) is 6.57. The summed E-state index contributed by atoms with van der Waals surface area (Å²) in [4.78, 5) is 11.9. The van der Waals surface area contributed by atoms with E-state index in [-0.39, 0.29) is 23.8 Å². The molecule has 1 aromatic carbocycles. The summed E-state index contributed by atoms with van der Waals surface area (Å²) in [7, 11) is 0. The number of amides is 1. The van der Waals surface area contributed by atoms with Crippen LogP contribution in [0.25, 0.3) is 0 Å². The molecule has 0 aliphatic heterocycles. The van der Waals surface area contributed by atoms with E-state index in [2.05, 4.69) is 22.8 Å². The number of carbonyl (C=O) groups is 1. The van der Waals surface area contributed by atoms with E-state index < -0.39 is 0 Å². The predicted molar refractivity (Wildman–Crippen MR) is 84.1 cm³/mol. The summed E-state index contributed by atoms with van der Waals surface area (Å²) >= 11 is 0. The summed E-state index contributed by atoms with van der Waals surface area (Å²) in [5.74, 6) is 0.116. The molecule has 0 saturated heterocycles. The molecule has 0 heterocycles. The van der Waals surface area contributed by atoms with Gasteiger partial charge < -0.3 is 15.7 Å². The third-order valence-corrected chi connectivity index (χ3v) is 4.18. The molecule has 1 saturated carbocycles. The molecule has 1 fully saturated rings. The maximum Gasteiger partial charge on any atom is 0.233 e. The maximum atomic E-state index is 11.9. The molecule has 4 nitrogen and oxygen atoms in total. The van der Waals surface area contributed by atoms with E-state index in [0.717, 1.165) is 5.56 Å². The highest BCUT2D eigenvalue weighted by atomic mass is 16.3. The molecule has 1 unspecified atom stereocenters. The van der Waals surface area contributed by atoms with Gasteiger partial charge in [-0.1, -0.05) is 44.2 Å². The largest absolute Gasteiger partial charge is 0.396 e. The minimum atomic E-state index is -0.279. The average molecular weight is 290 g/mol. The summed E-state index contributed by atoms with van der Waals surface area (Å²) in [5.41, 5.74) is 0.866. The van der Waals surface area contributed by atoms with Gasteiger partial charge in [-0.05, 0) is 23.8 Å². The molecule has 116 valence electrons. The average Bonchev–Trinajstić information content (AvgIpc) is 3.30. The molecule has 0 aromatic heterocycles. The van der Waals surface area contributed by atoms with Crippen LogP contribution in [0.15, 0.2) is 30.3 Å². The Morgan fingerprint density at radius 2 is 2.00 bits per heavy atom. The van der Waals surface area contributed by atoms with Crippen molar-refractivity contribution >= 4 is 5.91 Å². The van der Waals surface area contributed by atoms with Crippen molar-refractivity contribution < 1.29 is 9.90 Å². The van der Waals surface area contributed by atoms with Crippen molar-refractivity contribution in [3.8, 4) is 0 Å². The van der Waals surface area contributed by atoms with Crippen LogP contribution in [-0.2, 0) is 4.79 Å². The first-order valence-corrected chi connectivity index (χ1v) is 7.69. The van der Waals surface area contributed by atoms with E-state index in [1.54, 1.807) is 0 Å². The Morgan fingerprint density at radius 1 is 1.33 bits per heavy atom. The van der Waals surface area contributed by atoms with Crippen molar-refractivity contribution in [1.82, 2.24) is 10.6 Å². The number of nitrogens with one attached hydrogen (secondary N) is 2. The molecule has 21 heavy (non-hydrogen) atoms. The van der Waals surface area contributed by atoms with Gasteiger partial charge in [0.25, 0.3) is 0 Å². The number of rotatable bonds is 8. The minimum absolute atomic E-state index is 0.0246. The molecule has 3 N–H and O–H groups in total. The first-order chi connectivity index (χ1) is 10.0. The van der Waals surface area contributed by atoms with E-state index in [9.17, 15) is 9.90 Å². The molecule has 0 bridgehead atoms. The molecule has 1 aliphatic carbocycles. The molecule has 0 spiro atoms. The van der Waals surface area contributed by atoms with Crippen molar-refractivity contribution in [3.63, 3.8) is 0 Å². The topological polar surface area (TPSA) is 61.4 Å². The van der Waals surface area contributed by atoms with Crippen LogP contribution >= 0.6 is 0 Å². The smallest absolute Gasteiger partial charge is 0.233 e. The van der Waals surface area contributed by atoms with Crippen LogP contribution in [0.1, 0.15) is 38.2 Å². The Balaban J connectivity index is 1.94. The van der Waals surface area contributed by atoms with Gasteiger partial charge in [-0.3, -0.25) is 4.79 Å². The molecule has 1 atom stereocenters. The van der Waals surface area contributed by atoms with Crippen LogP contribution in [0.5, 0.6) is 0 Å². The Morgan fingerprint density at radius 3 is 2.57 bits per heavy atom. The van der Waals surface area contributed by atoms with Crippen molar-refractivity contribution in [3.05, 3.63) is 35.9 Å². The van der Waals surface area contributed by atoms with Gasteiger partial charge in [-0.2, -0.15) is 0 Å². The zero-order valence-corrected chi connectivity index (χ0v) is 12.9. The standard InChI is InChI=1S/C17H26N2O2/c1-17(2,12-20)15(13-6-4-3-5-7-13)10-19-16(21)11-18-14-8-9-14/h3-7,14-15,18,20H,8-12H2,1-2H3,(H,19,21). The molecule has 0 radical (unpaired) electrons. The van der Waals surface area contributed by atoms with Crippen molar-refractivity contribution in [2.45, 2.75) is 38.6 Å². The van der Waals surface area contributed by atoms with Gasteiger partial charge in [0.05, 0.1) is 6.54 Å². The SMILES string of the molecule is CC(C)(CO)C(CNC(=O)CNC1CC1)c1ccccc1. The van der Waals surface area contributed by atoms with E-state index in [1.807, 2.05) is 32.0 Å². The Hall–Kier alpha value is -1.39. The number of carbonyl (C=O) groups excluding carboxylic acids is 1. The lowest BCUT2D eigenvalue weighted by molar-refractivity contribution is -0.120. The maximum absolute atomic E-state index is 11.9. The van der Waals surface area contributed by atoms with Gasteiger partial charge >= 0.3 is 0 Å². The lowest BCUT2D eigenvalue weighted by Crippen LogP contribution is -2.40. The van der Waals surface area contributed by atoms with Gasteiger partial charge in [-0.25, -0.2) is 0 Å². The van der Waals surface area contributed by atoms with Gasteiger partial charge in [-0.15, -0.1) is 0 Å². The van der Waals surface area contributed by atoms with Gasteiger partial charge in [0.2, 0.25) is 5.91 Å². The Bertz CT molecular complexity index is 455. The number of hydrogen-bond acceptors (Lipinski definition) is 3. The highest BCUT2D eigenvalue weighted by Gasteiger charge is 2.30. The van der Waals surface area contributed by atoms with Crippen LogP contribution in [0, 0.1) is 5.41 Å².